The first kappa shape index (κ1) is 28.2. The van der Waals surface area contributed by atoms with Crippen molar-refractivity contribution in [1.82, 2.24) is 15.5 Å². The molecule has 0 radical (unpaired) electrons. The fourth-order valence-electron chi connectivity index (χ4n) is 5.21. The number of ether oxygens (including phenoxy) is 2. The molecular weight excluding hydrogens is 530 g/mol. The van der Waals surface area contributed by atoms with Gasteiger partial charge in [-0.05, 0) is 57.1 Å². The summed E-state index contributed by atoms with van der Waals surface area (Å²) in [5.74, 6) is -1.68. The van der Waals surface area contributed by atoms with E-state index in [9.17, 15) is 19.0 Å². The summed E-state index contributed by atoms with van der Waals surface area (Å²) in [7, 11) is 0. The van der Waals surface area contributed by atoms with Crippen LogP contribution in [0.5, 0.6) is 0 Å². The van der Waals surface area contributed by atoms with E-state index >= 15 is 0 Å². The standard InChI is InChI=1S/C26H36F2N6O4S/c1-4-9-39-25-30-23(29)22-24(31-25)34(20-10-15(37-8-7-35)11-21(20)38-26(2,3)36)32-33(22)19-13-18(28)17(27)12-16(19)14-5-6-14/h12-15,20-21,32,35-36H,4-11H2,1-3H3,(H2,29,30,31)/t15-,20+,21+/m0/s1. The van der Waals surface area contributed by atoms with Crippen molar-refractivity contribution >= 4 is 34.8 Å². The fraction of sp³-hybridized carbons (Fsp3) is 0.615. The molecule has 5 rings (SSSR count). The number of thioether (sulfide) groups is 1. The lowest BCUT2D eigenvalue weighted by Gasteiger charge is -2.34. The second-order valence-corrected chi connectivity index (χ2v) is 11.7. The molecule has 3 aliphatic rings. The van der Waals surface area contributed by atoms with Gasteiger partial charge >= 0.3 is 0 Å². The van der Waals surface area contributed by atoms with Gasteiger partial charge in [-0.1, -0.05) is 18.7 Å². The zero-order valence-electron chi connectivity index (χ0n) is 22.4. The van der Waals surface area contributed by atoms with Gasteiger partial charge in [-0.15, -0.1) is 5.53 Å². The predicted octanol–water partition coefficient (Wildman–Crippen LogP) is 3.75. The van der Waals surface area contributed by atoms with Gasteiger partial charge in [0.2, 0.25) is 0 Å². The molecule has 3 atom stereocenters. The van der Waals surface area contributed by atoms with E-state index in [1.165, 1.54) is 23.9 Å². The average Bonchev–Trinajstić information content (AvgIpc) is 3.54. The van der Waals surface area contributed by atoms with Crippen LogP contribution in [0.2, 0.25) is 0 Å². The number of aromatic nitrogens is 2. The predicted molar refractivity (Wildman–Crippen MR) is 145 cm³/mol. The Morgan fingerprint density at radius 1 is 1.21 bits per heavy atom. The van der Waals surface area contributed by atoms with Gasteiger partial charge in [-0.3, -0.25) is 10.0 Å². The molecule has 10 nitrogen and oxygen atoms in total. The number of hydrazine groups is 2. The molecule has 0 unspecified atom stereocenters. The summed E-state index contributed by atoms with van der Waals surface area (Å²) in [5, 5.41) is 23.7. The molecule has 2 aromatic rings. The SMILES string of the molecule is CCCSc1nc(N)c2c(n1)N([C@@H]1C[C@H](OCCO)C[C@H]1OC(C)(C)O)NN2c1cc(F)c(F)cc1C1CC1. The van der Waals surface area contributed by atoms with Crippen LogP contribution >= 0.6 is 11.8 Å². The molecular formula is C26H36F2N6O4S. The van der Waals surface area contributed by atoms with Crippen LogP contribution in [0, 0.1) is 11.6 Å². The minimum Gasteiger partial charge on any atom is -0.394 e. The summed E-state index contributed by atoms with van der Waals surface area (Å²) in [6.45, 7) is 5.25. The number of fused-ring (bicyclic) bond motifs is 1. The average molecular weight is 567 g/mol. The third-order valence-corrected chi connectivity index (χ3v) is 7.99. The van der Waals surface area contributed by atoms with E-state index in [4.69, 9.17) is 20.2 Å². The van der Waals surface area contributed by atoms with Crippen LogP contribution in [0.3, 0.4) is 0 Å². The second-order valence-electron chi connectivity index (χ2n) is 10.7. The Bertz CT molecular complexity index is 1200. The number of hydrogen-bond acceptors (Lipinski definition) is 11. The molecule has 0 spiro atoms. The lowest BCUT2D eigenvalue weighted by atomic mass is 10.1. The number of hydrogen-bond donors (Lipinski definition) is 4. The Hall–Kier alpha value is -2.29. The van der Waals surface area contributed by atoms with Gasteiger partial charge in [0.15, 0.2) is 34.2 Å². The first-order valence-electron chi connectivity index (χ1n) is 13.4. The van der Waals surface area contributed by atoms with Crippen molar-refractivity contribution in [3.63, 3.8) is 0 Å². The Kier molecular flexibility index (Phi) is 8.18. The quantitative estimate of drug-likeness (QED) is 0.180. The lowest BCUT2D eigenvalue weighted by Crippen LogP contribution is -2.52. The third kappa shape index (κ3) is 6.08. The van der Waals surface area contributed by atoms with Crippen molar-refractivity contribution in [1.29, 1.82) is 0 Å². The van der Waals surface area contributed by atoms with Crippen LogP contribution in [0.4, 0.5) is 31.8 Å². The number of rotatable bonds is 11. The Balaban J connectivity index is 1.58. The summed E-state index contributed by atoms with van der Waals surface area (Å²) in [6.07, 6.45) is 2.93. The summed E-state index contributed by atoms with van der Waals surface area (Å²) < 4.78 is 40.8. The molecule has 2 saturated carbocycles. The van der Waals surface area contributed by atoms with Gasteiger partial charge in [-0.25, -0.2) is 18.7 Å². The number of nitrogens with zero attached hydrogens (tertiary/aromatic N) is 4. The number of anilines is 4. The molecule has 39 heavy (non-hydrogen) atoms. The van der Waals surface area contributed by atoms with Crippen LogP contribution in [0.15, 0.2) is 17.3 Å². The summed E-state index contributed by atoms with van der Waals surface area (Å²) in [4.78, 5) is 9.34. The largest absolute Gasteiger partial charge is 0.394 e. The fourth-order valence-corrected chi connectivity index (χ4v) is 5.92. The molecule has 0 saturated heterocycles. The summed E-state index contributed by atoms with van der Waals surface area (Å²) >= 11 is 1.48. The van der Waals surface area contributed by atoms with E-state index in [1.807, 2.05) is 0 Å². The van der Waals surface area contributed by atoms with E-state index in [0.717, 1.165) is 25.0 Å². The highest BCUT2D eigenvalue weighted by molar-refractivity contribution is 7.99. The van der Waals surface area contributed by atoms with E-state index in [-0.39, 0.29) is 37.1 Å². The number of aliphatic hydroxyl groups is 2. The third-order valence-electron chi connectivity index (χ3n) is 6.94. The normalized spacial score (nSPS) is 23.1. The van der Waals surface area contributed by atoms with Crippen LogP contribution in [-0.4, -0.2) is 63.2 Å². The zero-order chi connectivity index (χ0) is 27.9. The molecule has 13 heteroatoms. The minimum absolute atomic E-state index is 0.112. The smallest absolute Gasteiger partial charge is 0.191 e. The molecule has 1 aliphatic heterocycles. The maximum atomic E-state index is 14.6. The van der Waals surface area contributed by atoms with Crippen molar-refractivity contribution in [3.8, 4) is 0 Å². The van der Waals surface area contributed by atoms with Crippen molar-refractivity contribution in [2.45, 2.75) is 88.0 Å². The molecule has 2 heterocycles. The van der Waals surface area contributed by atoms with Gasteiger partial charge in [0.25, 0.3) is 0 Å². The van der Waals surface area contributed by atoms with Gasteiger partial charge in [0.05, 0.1) is 37.2 Å². The number of benzene rings is 1. The number of aliphatic hydroxyl groups excluding tert-OH is 1. The molecule has 1 aromatic heterocycles. The molecule has 214 valence electrons. The van der Waals surface area contributed by atoms with Crippen LogP contribution in [0.25, 0.3) is 0 Å². The van der Waals surface area contributed by atoms with E-state index in [1.54, 1.807) is 23.9 Å². The van der Waals surface area contributed by atoms with Crippen LogP contribution in [-0.2, 0) is 9.47 Å². The molecule has 2 fully saturated rings. The zero-order valence-corrected chi connectivity index (χ0v) is 23.2. The number of nitrogen functional groups attached to an aromatic ring is 1. The number of nitrogens with one attached hydrogen (secondary N) is 1. The van der Waals surface area contributed by atoms with Crippen molar-refractivity contribution in [2.75, 3.05) is 34.7 Å². The lowest BCUT2D eigenvalue weighted by molar-refractivity contribution is -0.208. The van der Waals surface area contributed by atoms with Gasteiger partial charge in [-0.2, -0.15) is 0 Å². The first-order chi connectivity index (χ1) is 18.6. The minimum atomic E-state index is -1.41. The highest BCUT2D eigenvalue weighted by atomic mass is 32.2. The topological polar surface area (TPSA) is 129 Å². The highest BCUT2D eigenvalue weighted by Crippen LogP contribution is 2.50. The van der Waals surface area contributed by atoms with E-state index < -0.39 is 23.5 Å². The second kappa shape index (κ2) is 11.3. The van der Waals surface area contributed by atoms with Crippen molar-refractivity contribution < 1.29 is 28.5 Å². The summed E-state index contributed by atoms with van der Waals surface area (Å²) in [5.41, 5.74) is 11.4. The summed E-state index contributed by atoms with van der Waals surface area (Å²) in [6, 6.07) is 2.05. The first-order valence-corrected chi connectivity index (χ1v) is 14.4. The number of nitrogens with two attached hydrogens (primary N) is 1. The van der Waals surface area contributed by atoms with Gasteiger partial charge < -0.3 is 25.4 Å². The van der Waals surface area contributed by atoms with Crippen molar-refractivity contribution in [3.05, 3.63) is 29.3 Å². The molecule has 1 aromatic carbocycles. The van der Waals surface area contributed by atoms with Gasteiger partial charge in [0.1, 0.15) is 5.69 Å². The Labute approximate surface area is 230 Å². The monoisotopic (exact) mass is 566 g/mol. The molecule has 0 bridgehead atoms. The van der Waals surface area contributed by atoms with E-state index in [0.29, 0.717) is 40.8 Å². The highest BCUT2D eigenvalue weighted by Gasteiger charge is 2.47. The van der Waals surface area contributed by atoms with Crippen molar-refractivity contribution in [2.24, 2.45) is 0 Å². The molecule has 0 amide bonds. The van der Waals surface area contributed by atoms with Gasteiger partial charge in [0, 0.05) is 18.2 Å². The molecule has 5 N–H and O–H groups in total. The van der Waals surface area contributed by atoms with E-state index in [2.05, 4.69) is 17.4 Å². The molecule has 2 aliphatic carbocycles. The number of halogens is 2. The van der Waals surface area contributed by atoms with Crippen LogP contribution in [0.1, 0.15) is 64.4 Å². The maximum Gasteiger partial charge on any atom is 0.191 e. The Morgan fingerprint density at radius 2 is 1.95 bits per heavy atom. The Morgan fingerprint density at radius 3 is 2.62 bits per heavy atom. The van der Waals surface area contributed by atoms with Crippen LogP contribution < -0.4 is 21.3 Å². The maximum absolute atomic E-state index is 14.6.